The van der Waals surface area contributed by atoms with Crippen LogP contribution in [-0.2, 0) is 21.8 Å². The van der Waals surface area contributed by atoms with E-state index in [9.17, 15) is 9.59 Å². The molecule has 0 saturated carbocycles. The first-order valence-corrected chi connectivity index (χ1v) is 14.0. The molecule has 0 aliphatic carbocycles. The Hall–Kier alpha value is -3.70. The SMILES string of the molecule is CCOC(=O)c1ccc(CNC(=O)CSc2nnc(CSc3nc(C)cc(C)n3)n2-c2ccccc2)cc1. The molecule has 2 aromatic heterocycles. The number of hydrogen-bond donors (Lipinski definition) is 1. The molecule has 0 unspecified atom stereocenters. The highest BCUT2D eigenvalue weighted by molar-refractivity contribution is 7.99. The number of aromatic nitrogens is 5. The van der Waals surface area contributed by atoms with E-state index in [2.05, 4.69) is 25.5 Å². The third-order valence-corrected chi connectivity index (χ3v) is 7.07. The number of carbonyl (C=O) groups excluding carboxylic acids is 2. The second-order valence-electron chi connectivity index (χ2n) is 8.27. The lowest BCUT2D eigenvalue weighted by molar-refractivity contribution is -0.118. The number of amides is 1. The lowest BCUT2D eigenvalue weighted by atomic mass is 10.1. The minimum Gasteiger partial charge on any atom is -0.462 e. The van der Waals surface area contributed by atoms with Crippen LogP contribution in [0.4, 0.5) is 0 Å². The minimum atomic E-state index is -0.360. The Bertz CT molecular complexity index is 1370. The van der Waals surface area contributed by atoms with Crippen molar-refractivity contribution in [1.82, 2.24) is 30.0 Å². The van der Waals surface area contributed by atoms with Gasteiger partial charge in [0.05, 0.1) is 23.7 Å². The van der Waals surface area contributed by atoms with Gasteiger partial charge in [-0.05, 0) is 56.7 Å². The average Bonchev–Trinajstić information content (AvgIpc) is 3.32. The zero-order valence-electron chi connectivity index (χ0n) is 21.4. The largest absolute Gasteiger partial charge is 0.462 e. The van der Waals surface area contributed by atoms with Gasteiger partial charge in [-0.15, -0.1) is 10.2 Å². The lowest BCUT2D eigenvalue weighted by Crippen LogP contribution is -2.24. The number of carbonyl (C=O) groups is 2. The van der Waals surface area contributed by atoms with Gasteiger partial charge in [-0.1, -0.05) is 53.9 Å². The van der Waals surface area contributed by atoms with E-state index in [-0.39, 0.29) is 17.6 Å². The molecule has 0 atom stereocenters. The van der Waals surface area contributed by atoms with Crippen LogP contribution in [0, 0.1) is 13.8 Å². The van der Waals surface area contributed by atoms with Crippen molar-refractivity contribution in [2.45, 2.75) is 43.4 Å². The number of aryl methyl sites for hydroxylation is 2. The van der Waals surface area contributed by atoms with Crippen molar-refractivity contribution in [2.24, 2.45) is 0 Å². The Morgan fingerprint density at radius 2 is 1.66 bits per heavy atom. The van der Waals surface area contributed by atoms with Gasteiger partial charge in [0.15, 0.2) is 10.3 Å². The number of nitrogens with one attached hydrogen (secondary N) is 1. The summed E-state index contributed by atoms with van der Waals surface area (Å²) in [6.45, 7) is 6.34. The fraction of sp³-hybridized carbons (Fsp3) is 0.259. The fourth-order valence-electron chi connectivity index (χ4n) is 3.57. The van der Waals surface area contributed by atoms with Crippen LogP contribution in [0.15, 0.2) is 71.0 Å². The number of benzene rings is 2. The number of ether oxygens (including phenoxy) is 1. The van der Waals surface area contributed by atoms with Crippen LogP contribution in [0.5, 0.6) is 0 Å². The zero-order chi connectivity index (χ0) is 26.9. The van der Waals surface area contributed by atoms with Crippen LogP contribution in [0.3, 0.4) is 0 Å². The molecule has 11 heteroatoms. The highest BCUT2D eigenvalue weighted by Gasteiger charge is 2.17. The van der Waals surface area contributed by atoms with E-state index in [4.69, 9.17) is 4.74 Å². The number of thioether (sulfide) groups is 2. The van der Waals surface area contributed by atoms with Crippen LogP contribution in [0.2, 0.25) is 0 Å². The van der Waals surface area contributed by atoms with Gasteiger partial charge in [0.1, 0.15) is 5.82 Å². The number of rotatable bonds is 11. The maximum absolute atomic E-state index is 12.6. The molecule has 0 aliphatic heterocycles. The molecular formula is C27H28N6O3S2. The van der Waals surface area contributed by atoms with E-state index >= 15 is 0 Å². The summed E-state index contributed by atoms with van der Waals surface area (Å²) in [5.41, 5.74) is 4.12. The second-order valence-corrected chi connectivity index (χ2v) is 10.2. The summed E-state index contributed by atoms with van der Waals surface area (Å²) in [5.74, 6) is 0.958. The van der Waals surface area contributed by atoms with E-state index in [1.165, 1.54) is 23.5 Å². The maximum Gasteiger partial charge on any atom is 0.338 e. The maximum atomic E-state index is 12.6. The monoisotopic (exact) mass is 548 g/mol. The summed E-state index contributed by atoms with van der Waals surface area (Å²) in [7, 11) is 0. The van der Waals surface area contributed by atoms with E-state index in [0.717, 1.165) is 28.5 Å². The van der Waals surface area contributed by atoms with Crippen LogP contribution in [0.25, 0.3) is 5.69 Å². The fourth-order valence-corrected chi connectivity index (χ4v) is 5.23. The predicted octanol–water partition coefficient (Wildman–Crippen LogP) is 4.55. The van der Waals surface area contributed by atoms with Crippen molar-refractivity contribution in [2.75, 3.05) is 12.4 Å². The smallest absolute Gasteiger partial charge is 0.338 e. The molecule has 1 amide bonds. The Morgan fingerprint density at radius 1 is 0.947 bits per heavy atom. The van der Waals surface area contributed by atoms with Crippen LogP contribution in [-0.4, -0.2) is 49.0 Å². The van der Waals surface area contributed by atoms with E-state index in [0.29, 0.717) is 34.8 Å². The third-order valence-electron chi connectivity index (χ3n) is 5.29. The molecule has 0 spiro atoms. The van der Waals surface area contributed by atoms with Gasteiger partial charge >= 0.3 is 5.97 Å². The number of para-hydroxylation sites is 1. The van der Waals surface area contributed by atoms with Crippen LogP contribution < -0.4 is 5.32 Å². The van der Waals surface area contributed by atoms with E-state index in [1.807, 2.05) is 54.8 Å². The van der Waals surface area contributed by atoms with Crippen LogP contribution >= 0.6 is 23.5 Å². The molecule has 0 aliphatic rings. The summed E-state index contributed by atoms with van der Waals surface area (Å²) in [6.07, 6.45) is 0. The second kappa shape index (κ2) is 13.2. The molecule has 2 heterocycles. The van der Waals surface area contributed by atoms with E-state index in [1.54, 1.807) is 31.2 Å². The highest BCUT2D eigenvalue weighted by atomic mass is 32.2. The normalized spacial score (nSPS) is 10.8. The zero-order valence-corrected chi connectivity index (χ0v) is 23.0. The molecular weight excluding hydrogens is 520 g/mol. The summed E-state index contributed by atoms with van der Waals surface area (Å²) in [6, 6.07) is 18.7. The van der Waals surface area contributed by atoms with Gasteiger partial charge in [0.25, 0.3) is 0 Å². The van der Waals surface area contributed by atoms with Crippen molar-refractivity contribution < 1.29 is 14.3 Å². The Kier molecular flexibility index (Phi) is 9.50. The quantitative estimate of drug-likeness (QED) is 0.164. The topological polar surface area (TPSA) is 112 Å². The van der Waals surface area contributed by atoms with Crippen molar-refractivity contribution in [1.29, 1.82) is 0 Å². The van der Waals surface area contributed by atoms with E-state index < -0.39 is 0 Å². The van der Waals surface area contributed by atoms with Crippen molar-refractivity contribution in [3.8, 4) is 5.69 Å². The molecule has 0 bridgehead atoms. The van der Waals surface area contributed by atoms with Gasteiger partial charge < -0.3 is 10.1 Å². The Morgan fingerprint density at radius 3 is 2.34 bits per heavy atom. The van der Waals surface area contributed by atoms with Gasteiger partial charge in [0.2, 0.25) is 5.91 Å². The first kappa shape index (κ1) is 27.3. The van der Waals surface area contributed by atoms with Crippen LogP contribution in [0.1, 0.15) is 40.1 Å². The Balaban J connectivity index is 1.39. The third kappa shape index (κ3) is 7.42. The number of hydrogen-bond acceptors (Lipinski definition) is 9. The molecule has 196 valence electrons. The summed E-state index contributed by atoms with van der Waals surface area (Å²) < 4.78 is 6.96. The number of nitrogens with zero attached hydrogens (tertiary/aromatic N) is 5. The minimum absolute atomic E-state index is 0.133. The average molecular weight is 549 g/mol. The van der Waals surface area contributed by atoms with Gasteiger partial charge in [-0.3, -0.25) is 9.36 Å². The molecule has 38 heavy (non-hydrogen) atoms. The standard InChI is InChI=1S/C27H28N6O3S2/c1-4-36-25(35)21-12-10-20(11-13-21)15-28-24(34)17-38-27-32-31-23(33(27)22-8-6-5-7-9-22)16-37-26-29-18(2)14-19(3)30-26/h5-14H,4,15-17H2,1-3H3,(H,28,34). The highest BCUT2D eigenvalue weighted by Crippen LogP contribution is 2.26. The summed E-state index contributed by atoms with van der Waals surface area (Å²) in [5, 5.41) is 13.0. The molecule has 4 rings (SSSR count). The van der Waals surface area contributed by atoms with Crippen molar-refractivity contribution in [3.63, 3.8) is 0 Å². The summed E-state index contributed by atoms with van der Waals surface area (Å²) in [4.78, 5) is 33.4. The predicted molar refractivity (Wildman–Crippen MR) is 147 cm³/mol. The molecule has 1 N–H and O–H groups in total. The van der Waals surface area contributed by atoms with Crippen molar-refractivity contribution in [3.05, 3.63) is 89.0 Å². The Labute approximate surface area is 229 Å². The first-order chi connectivity index (χ1) is 18.4. The van der Waals surface area contributed by atoms with Gasteiger partial charge in [-0.25, -0.2) is 14.8 Å². The number of esters is 1. The molecule has 0 fully saturated rings. The van der Waals surface area contributed by atoms with Gasteiger partial charge in [0, 0.05) is 23.6 Å². The molecule has 0 radical (unpaired) electrons. The molecule has 9 nitrogen and oxygen atoms in total. The molecule has 0 saturated heterocycles. The van der Waals surface area contributed by atoms with Gasteiger partial charge in [-0.2, -0.15) is 0 Å². The first-order valence-electron chi connectivity index (χ1n) is 12.0. The lowest BCUT2D eigenvalue weighted by Gasteiger charge is -2.10. The van der Waals surface area contributed by atoms with Crippen molar-refractivity contribution >= 4 is 35.4 Å². The summed E-state index contributed by atoms with van der Waals surface area (Å²) >= 11 is 2.82. The molecule has 4 aromatic rings. The molecule has 2 aromatic carbocycles.